The average Bonchev–Trinajstić information content (AvgIpc) is 2.27. The lowest BCUT2D eigenvalue weighted by molar-refractivity contribution is 0.220. The molecule has 2 heteroatoms. The van der Waals surface area contributed by atoms with Crippen LogP contribution in [0.2, 0.25) is 0 Å². The first kappa shape index (κ1) is 11.2. The largest absolute Gasteiger partial charge is 0.306 e. The van der Waals surface area contributed by atoms with Gasteiger partial charge in [0, 0.05) is 18.3 Å². The van der Waals surface area contributed by atoms with Crippen LogP contribution in [0.5, 0.6) is 0 Å². The Morgan fingerprint density at radius 3 is 2.94 bits per heavy atom. The Hall–Kier alpha value is -0.890. The number of pyridine rings is 1. The van der Waals surface area contributed by atoms with Gasteiger partial charge in [0.05, 0.1) is 5.69 Å². The minimum Gasteiger partial charge on any atom is -0.306 e. The van der Waals surface area contributed by atoms with Crippen molar-refractivity contribution in [3.05, 3.63) is 29.6 Å². The molecule has 2 atom stereocenters. The molecule has 1 heterocycles. The van der Waals surface area contributed by atoms with Crippen molar-refractivity contribution >= 4 is 0 Å². The Morgan fingerprint density at radius 1 is 1.29 bits per heavy atom. The summed E-state index contributed by atoms with van der Waals surface area (Å²) in [6, 6.07) is 5.46. The van der Waals surface area contributed by atoms with E-state index in [0.29, 0.717) is 12.1 Å². The van der Waals surface area contributed by atoms with Crippen LogP contribution in [-0.4, -0.2) is 11.0 Å². The zero-order chi connectivity index (χ0) is 11.7. The minimum atomic E-state index is 0.496. The minimum absolute atomic E-state index is 0.496. The zero-order valence-electron chi connectivity index (χ0n) is 10.7. The van der Waals surface area contributed by atoms with E-state index in [1.54, 1.807) is 0 Å². The van der Waals surface area contributed by atoms with Crippen LogP contribution in [0.1, 0.15) is 56.3 Å². The number of fused-ring (bicyclic) bond motifs is 1. The van der Waals surface area contributed by atoms with Gasteiger partial charge in [-0.05, 0) is 56.6 Å². The van der Waals surface area contributed by atoms with Gasteiger partial charge < -0.3 is 5.32 Å². The van der Waals surface area contributed by atoms with Crippen molar-refractivity contribution in [3.8, 4) is 0 Å². The van der Waals surface area contributed by atoms with Crippen molar-refractivity contribution < 1.29 is 0 Å². The zero-order valence-corrected chi connectivity index (χ0v) is 10.7. The summed E-state index contributed by atoms with van der Waals surface area (Å²) in [6.07, 6.45) is 9.95. The molecule has 0 aromatic carbocycles. The van der Waals surface area contributed by atoms with Crippen LogP contribution in [0.25, 0.3) is 0 Å². The number of nitrogens with one attached hydrogen (secondary N) is 1. The number of rotatable bonds is 3. The lowest BCUT2D eigenvalue weighted by atomic mass is 9.79. The molecule has 0 saturated heterocycles. The van der Waals surface area contributed by atoms with Gasteiger partial charge in [-0.2, -0.15) is 0 Å². The highest BCUT2D eigenvalue weighted by atomic mass is 15.0. The second kappa shape index (κ2) is 4.77. The second-order valence-corrected chi connectivity index (χ2v) is 5.64. The van der Waals surface area contributed by atoms with Gasteiger partial charge in [0.25, 0.3) is 0 Å². The molecule has 0 amide bonds. The van der Waals surface area contributed by atoms with E-state index in [1.807, 2.05) is 6.20 Å². The molecule has 2 aliphatic carbocycles. The predicted octanol–water partition coefficient (Wildman–Crippen LogP) is 3.24. The molecule has 1 fully saturated rings. The van der Waals surface area contributed by atoms with Gasteiger partial charge in [0.2, 0.25) is 0 Å². The Balaban J connectivity index is 1.71. The third-order valence-corrected chi connectivity index (χ3v) is 4.52. The monoisotopic (exact) mass is 230 g/mol. The highest BCUT2D eigenvalue weighted by Gasteiger charge is 2.28. The summed E-state index contributed by atoms with van der Waals surface area (Å²) in [6.45, 7) is 2.35. The summed E-state index contributed by atoms with van der Waals surface area (Å²) in [5.74, 6) is 0.907. The summed E-state index contributed by atoms with van der Waals surface area (Å²) in [4.78, 5) is 4.59. The van der Waals surface area contributed by atoms with Crippen molar-refractivity contribution in [1.29, 1.82) is 0 Å². The van der Waals surface area contributed by atoms with Crippen LogP contribution in [0.3, 0.4) is 0 Å². The number of nitrogens with zero attached hydrogens (tertiary/aromatic N) is 1. The van der Waals surface area contributed by atoms with E-state index in [1.165, 1.54) is 49.8 Å². The van der Waals surface area contributed by atoms with Gasteiger partial charge in [-0.3, -0.25) is 4.98 Å². The van der Waals surface area contributed by atoms with Crippen LogP contribution in [-0.2, 0) is 6.42 Å². The summed E-state index contributed by atoms with van der Waals surface area (Å²) in [5, 5.41) is 3.81. The molecule has 1 aromatic rings. The lowest BCUT2D eigenvalue weighted by Gasteiger charge is -2.36. The first-order valence-corrected chi connectivity index (χ1v) is 7.04. The number of aryl methyl sites for hydroxylation is 1. The van der Waals surface area contributed by atoms with Gasteiger partial charge in [-0.25, -0.2) is 0 Å². The molecule has 3 rings (SSSR count). The average molecular weight is 230 g/mol. The molecule has 1 aromatic heterocycles. The molecule has 1 N–H and O–H groups in total. The van der Waals surface area contributed by atoms with E-state index in [0.717, 1.165) is 5.92 Å². The maximum atomic E-state index is 4.59. The summed E-state index contributed by atoms with van der Waals surface area (Å²) >= 11 is 0. The SMILES string of the molecule is CC(NC1CCCc2cccnc21)C1CCC1. The maximum absolute atomic E-state index is 4.59. The summed E-state index contributed by atoms with van der Waals surface area (Å²) in [7, 11) is 0. The molecular formula is C15H22N2. The topological polar surface area (TPSA) is 24.9 Å². The van der Waals surface area contributed by atoms with Gasteiger partial charge in [-0.1, -0.05) is 12.5 Å². The van der Waals surface area contributed by atoms with Gasteiger partial charge in [0.1, 0.15) is 0 Å². The normalized spacial score (nSPS) is 26.1. The molecule has 0 spiro atoms. The Kier molecular flexibility index (Phi) is 3.15. The first-order chi connectivity index (χ1) is 8.34. The molecule has 2 unspecified atom stereocenters. The Bertz CT molecular complexity index is 384. The van der Waals surface area contributed by atoms with Crippen LogP contribution in [0.4, 0.5) is 0 Å². The predicted molar refractivity (Wildman–Crippen MR) is 69.9 cm³/mol. The quantitative estimate of drug-likeness (QED) is 0.862. The fourth-order valence-electron chi connectivity index (χ4n) is 3.16. The Morgan fingerprint density at radius 2 is 2.18 bits per heavy atom. The fourth-order valence-corrected chi connectivity index (χ4v) is 3.16. The van der Waals surface area contributed by atoms with E-state index in [-0.39, 0.29) is 0 Å². The number of aromatic nitrogens is 1. The fraction of sp³-hybridized carbons (Fsp3) is 0.667. The highest BCUT2D eigenvalue weighted by Crippen LogP contribution is 2.33. The van der Waals surface area contributed by atoms with Crippen LogP contribution in [0.15, 0.2) is 18.3 Å². The summed E-state index contributed by atoms with van der Waals surface area (Å²) < 4.78 is 0. The third-order valence-electron chi connectivity index (χ3n) is 4.52. The van der Waals surface area contributed by atoms with Crippen molar-refractivity contribution in [1.82, 2.24) is 10.3 Å². The van der Waals surface area contributed by atoms with Crippen LogP contribution in [0, 0.1) is 5.92 Å². The Labute approximate surface area is 104 Å². The van der Waals surface area contributed by atoms with Gasteiger partial charge >= 0.3 is 0 Å². The molecule has 92 valence electrons. The standard InChI is InChI=1S/C15H22N2/c1-11(12-5-2-6-12)17-14-9-3-7-13-8-4-10-16-15(13)14/h4,8,10-12,14,17H,2-3,5-7,9H2,1H3. The number of hydrogen-bond donors (Lipinski definition) is 1. The van der Waals surface area contributed by atoms with E-state index < -0.39 is 0 Å². The third kappa shape index (κ3) is 2.23. The van der Waals surface area contributed by atoms with Crippen molar-refractivity contribution in [2.75, 3.05) is 0 Å². The highest BCUT2D eigenvalue weighted by molar-refractivity contribution is 5.25. The second-order valence-electron chi connectivity index (χ2n) is 5.64. The smallest absolute Gasteiger partial charge is 0.0605 e. The van der Waals surface area contributed by atoms with Crippen molar-refractivity contribution in [2.45, 2.75) is 57.5 Å². The van der Waals surface area contributed by atoms with E-state index in [2.05, 4.69) is 29.4 Å². The molecule has 1 saturated carbocycles. The molecular weight excluding hydrogens is 208 g/mol. The van der Waals surface area contributed by atoms with Gasteiger partial charge in [0.15, 0.2) is 0 Å². The molecule has 2 nitrogen and oxygen atoms in total. The lowest BCUT2D eigenvalue weighted by Crippen LogP contribution is -2.40. The maximum Gasteiger partial charge on any atom is 0.0605 e. The van der Waals surface area contributed by atoms with E-state index >= 15 is 0 Å². The van der Waals surface area contributed by atoms with Crippen molar-refractivity contribution in [3.63, 3.8) is 0 Å². The number of hydrogen-bond acceptors (Lipinski definition) is 2. The van der Waals surface area contributed by atoms with E-state index in [4.69, 9.17) is 0 Å². The van der Waals surface area contributed by atoms with Crippen LogP contribution >= 0.6 is 0 Å². The molecule has 0 radical (unpaired) electrons. The molecule has 0 aliphatic heterocycles. The molecule has 0 bridgehead atoms. The van der Waals surface area contributed by atoms with Gasteiger partial charge in [-0.15, -0.1) is 0 Å². The first-order valence-electron chi connectivity index (χ1n) is 7.04. The van der Waals surface area contributed by atoms with E-state index in [9.17, 15) is 0 Å². The van der Waals surface area contributed by atoms with Crippen LogP contribution < -0.4 is 5.32 Å². The molecule has 17 heavy (non-hydrogen) atoms. The van der Waals surface area contributed by atoms with Crippen molar-refractivity contribution in [2.24, 2.45) is 5.92 Å². The summed E-state index contributed by atoms with van der Waals surface area (Å²) in [5.41, 5.74) is 2.77. The molecule has 2 aliphatic rings.